The summed E-state index contributed by atoms with van der Waals surface area (Å²) < 4.78 is 30.0. The highest BCUT2D eigenvalue weighted by molar-refractivity contribution is 7.13. The van der Waals surface area contributed by atoms with E-state index >= 15 is 0 Å². The number of imidazole rings is 1. The Labute approximate surface area is 459 Å². The molecule has 1 saturated heterocycles. The lowest BCUT2D eigenvalue weighted by Gasteiger charge is -2.41. The van der Waals surface area contributed by atoms with Crippen LogP contribution in [0.4, 0.5) is 17.5 Å². The molecule has 3 aliphatic rings. The zero-order chi connectivity index (χ0) is 55.2. The number of likely N-dealkylation sites (tertiary alicyclic amines) is 1. The number of aryl methyl sites for hydroxylation is 1. The van der Waals surface area contributed by atoms with Gasteiger partial charge in [-0.25, -0.2) is 15.0 Å². The van der Waals surface area contributed by atoms with Crippen LogP contribution < -0.4 is 30.9 Å². The fraction of sp³-hybridized carbons (Fsp3) is 0.518. The summed E-state index contributed by atoms with van der Waals surface area (Å²) in [6, 6.07) is 14.2. The summed E-state index contributed by atoms with van der Waals surface area (Å²) in [4.78, 5) is 76.9. The van der Waals surface area contributed by atoms with E-state index in [4.69, 9.17) is 28.7 Å². The number of thiazole rings is 1. The van der Waals surface area contributed by atoms with Gasteiger partial charge in [0, 0.05) is 31.2 Å². The van der Waals surface area contributed by atoms with Crippen LogP contribution in [0.25, 0.3) is 16.1 Å². The SMILES string of the molecule is CCC1c2c(C#N)ncn2-c2cnc(Nc3ccc(C(=O)NCCOCCOCCOCCOCC(=O)N[C@H](C(=O)N4CCC[C@H]4C(=O)NCc4ccc(-c5scnc5C)cc4)C(C)(C)C)cc3OC)nc2N1C1CCCC1. The van der Waals surface area contributed by atoms with Crippen LogP contribution in [-0.4, -0.2) is 144 Å². The Balaban J connectivity index is 0.680. The van der Waals surface area contributed by atoms with Crippen LogP contribution in [0.15, 0.2) is 60.5 Å². The van der Waals surface area contributed by atoms with E-state index in [1.54, 1.807) is 47.0 Å². The highest BCUT2D eigenvalue weighted by Crippen LogP contribution is 2.45. The van der Waals surface area contributed by atoms with Gasteiger partial charge in [0.15, 0.2) is 11.5 Å². The predicted molar refractivity (Wildman–Crippen MR) is 294 cm³/mol. The molecule has 1 unspecified atom stereocenters. The van der Waals surface area contributed by atoms with Gasteiger partial charge in [-0.3, -0.25) is 23.7 Å². The van der Waals surface area contributed by atoms with Gasteiger partial charge in [0.2, 0.25) is 23.7 Å². The van der Waals surface area contributed by atoms with E-state index in [1.807, 2.05) is 62.0 Å². The molecule has 5 aromatic rings. The quantitative estimate of drug-likeness (QED) is 0.0428. The first-order valence-electron chi connectivity index (χ1n) is 26.8. The molecule has 22 heteroatoms. The molecule has 416 valence electrons. The van der Waals surface area contributed by atoms with Gasteiger partial charge in [0.25, 0.3) is 5.91 Å². The average Bonchev–Trinajstić information content (AvgIpc) is 4.45. The van der Waals surface area contributed by atoms with Crippen LogP contribution in [0.2, 0.25) is 0 Å². The first kappa shape index (κ1) is 57.2. The number of rotatable bonds is 26. The van der Waals surface area contributed by atoms with Crippen molar-refractivity contribution in [1.29, 1.82) is 5.26 Å². The first-order valence-corrected chi connectivity index (χ1v) is 27.7. The normalized spacial score (nSPS) is 16.5. The van der Waals surface area contributed by atoms with Gasteiger partial charge in [-0.2, -0.15) is 10.2 Å². The summed E-state index contributed by atoms with van der Waals surface area (Å²) in [7, 11) is 1.54. The summed E-state index contributed by atoms with van der Waals surface area (Å²) in [6.45, 7) is 12.5. The number of aromatic nitrogens is 5. The van der Waals surface area contributed by atoms with Crippen LogP contribution in [0.3, 0.4) is 0 Å². The van der Waals surface area contributed by atoms with Crippen molar-refractivity contribution in [3.63, 3.8) is 0 Å². The monoisotopic (exact) mass is 1090 g/mol. The van der Waals surface area contributed by atoms with Crippen LogP contribution in [0.5, 0.6) is 5.75 Å². The molecule has 0 spiro atoms. The van der Waals surface area contributed by atoms with Crippen molar-refractivity contribution in [3.05, 3.63) is 88.7 Å². The Bertz CT molecular complexity index is 2890. The van der Waals surface area contributed by atoms with Crippen LogP contribution in [0.1, 0.15) is 112 Å². The number of nitrogens with zero attached hydrogens (tertiary/aromatic N) is 8. The zero-order valence-electron chi connectivity index (χ0n) is 45.5. The minimum absolute atomic E-state index is 0.0512. The molecule has 2 fully saturated rings. The van der Waals surface area contributed by atoms with Gasteiger partial charge in [0.05, 0.1) is 93.1 Å². The molecule has 3 aromatic heterocycles. The van der Waals surface area contributed by atoms with E-state index in [-0.39, 0.29) is 62.8 Å². The number of methoxy groups -OCH3 is 1. The molecule has 8 rings (SSSR count). The predicted octanol–water partition coefficient (Wildman–Crippen LogP) is 6.57. The zero-order valence-corrected chi connectivity index (χ0v) is 46.3. The number of amides is 4. The maximum absolute atomic E-state index is 13.9. The Hall–Kier alpha value is -7.03. The number of carbonyl (C=O) groups is 4. The van der Waals surface area contributed by atoms with E-state index in [0.29, 0.717) is 81.0 Å². The minimum atomic E-state index is -0.860. The van der Waals surface area contributed by atoms with Gasteiger partial charge in [-0.05, 0) is 73.8 Å². The van der Waals surface area contributed by atoms with Crippen molar-refractivity contribution in [2.45, 2.75) is 110 Å². The van der Waals surface area contributed by atoms with Crippen molar-refractivity contribution in [2.24, 2.45) is 5.41 Å². The minimum Gasteiger partial charge on any atom is -0.495 e. The Morgan fingerprint density at radius 3 is 2.27 bits per heavy atom. The number of hydrogen-bond acceptors (Lipinski definition) is 17. The molecule has 1 aliphatic carbocycles. The molecule has 78 heavy (non-hydrogen) atoms. The first-order chi connectivity index (χ1) is 37.8. The van der Waals surface area contributed by atoms with Crippen LogP contribution >= 0.6 is 11.3 Å². The largest absolute Gasteiger partial charge is 0.495 e. The maximum Gasteiger partial charge on any atom is 0.251 e. The summed E-state index contributed by atoms with van der Waals surface area (Å²) in [6.07, 6.45) is 9.84. The van der Waals surface area contributed by atoms with Crippen molar-refractivity contribution in [3.8, 4) is 27.9 Å². The van der Waals surface area contributed by atoms with E-state index in [2.05, 4.69) is 54.1 Å². The molecule has 21 nitrogen and oxygen atoms in total. The second-order valence-electron chi connectivity index (χ2n) is 20.6. The van der Waals surface area contributed by atoms with E-state index in [1.165, 1.54) is 7.11 Å². The van der Waals surface area contributed by atoms with E-state index in [9.17, 15) is 24.4 Å². The standard InChI is InChI=1S/C56H72N12O9S/c1-7-43-48-42(30-57)61-34-67(48)45-32-60-55(65-51(45)68(43)40-11-8-9-12-40)63-41-19-18-39(29-46(41)73-6)52(70)58-20-22-74-23-24-75-25-26-76-27-28-77-33-47(69)64-50(56(3,4)5)54(72)66-21-10-13-44(66)53(71)59-31-37-14-16-38(17-15-37)49-36(2)62-35-78-49/h14-19,29,32,34-35,40,43-44,50H,7-13,20-28,31,33H2,1-6H3,(H,58,70)(H,59,71)(H,64,69)(H,60,63,65)/t43?,44-,50+/m0/s1. The lowest BCUT2D eigenvalue weighted by molar-refractivity contribution is -0.144. The number of fused-ring (bicyclic) bond motifs is 3. The Morgan fingerprint density at radius 2 is 1.60 bits per heavy atom. The van der Waals surface area contributed by atoms with Crippen LogP contribution in [0, 0.1) is 23.7 Å². The van der Waals surface area contributed by atoms with Crippen LogP contribution in [-0.2, 0) is 39.9 Å². The third-order valence-corrected chi connectivity index (χ3v) is 15.2. The molecular formula is C56H72N12O9S. The molecular weight excluding hydrogens is 1020 g/mol. The number of benzene rings is 2. The van der Waals surface area contributed by atoms with Gasteiger partial charge >= 0.3 is 0 Å². The molecule has 1 saturated carbocycles. The average molecular weight is 1090 g/mol. The highest BCUT2D eigenvalue weighted by atomic mass is 32.1. The number of nitrogens with one attached hydrogen (secondary N) is 4. The number of anilines is 3. The Morgan fingerprint density at radius 1 is 0.885 bits per heavy atom. The van der Waals surface area contributed by atoms with Crippen molar-refractivity contribution >= 4 is 52.4 Å². The Kier molecular flexibility index (Phi) is 19.8. The molecule has 0 radical (unpaired) electrons. The topological polar surface area (TPSA) is 249 Å². The third-order valence-electron chi connectivity index (χ3n) is 14.2. The smallest absolute Gasteiger partial charge is 0.251 e. The van der Waals surface area contributed by atoms with Gasteiger partial charge in [-0.15, -0.1) is 11.3 Å². The molecule has 2 aliphatic heterocycles. The molecule has 4 amide bonds. The molecule has 3 atom stereocenters. The number of nitriles is 1. The number of hydrogen-bond donors (Lipinski definition) is 4. The fourth-order valence-corrected chi connectivity index (χ4v) is 11.0. The molecule has 2 aromatic carbocycles. The number of ether oxygens (including phenoxy) is 5. The summed E-state index contributed by atoms with van der Waals surface area (Å²) >= 11 is 1.59. The lowest BCUT2D eigenvalue weighted by Crippen LogP contribution is -2.58. The van der Waals surface area contributed by atoms with E-state index in [0.717, 1.165) is 71.0 Å². The summed E-state index contributed by atoms with van der Waals surface area (Å²) in [5.74, 6) is 0.370. The third kappa shape index (κ3) is 14.0. The summed E-state index contributed by atoms with van der Waals surface area (Å²) in [5.41, 5.74) is 7.29. The molecule has 4 N–H and O–H groups in total. The lowest BCUT2D eigenvalue weighted by atomic mass is 9.85. The number of carbonyl (C=O) groups excluding carboxylic acids is 4. The summed E-state index contributed by atoms with van der Waals surface area (Å²) in [5, 5.41) is 21.9. The molecule has 5 heterocycles. The fourth-order valence-electron chi connectivity index (χ4n) is 10.2. The highest BCUT2D eigenvalue weighted by Gasteiger charge is 2.42. The van der Waals surface area contributed by atoms with Gasteiger partial charge < -0.3 is 54.8 Å². The second-order valence-corrected chi connectivity index (χ2v) is 21.4. The van der Waals surface area contributed by atoms with Gasteiger partial charge in [-0.1, -0.05) is 64.8 Å². The maximum atomic E-state index is 13.9. The van der Waals surface area contributed by atoms with Gasteiger partial charge in [0.1, 0.15) is 42.5 Å². The second kappa shape index (κ2) is 27.0. The van der Waals surface area contributed by atoms with E-state index < -0.39 is 23.4 Å². The van der Waals surface area contributed by atoms with Crippen molar-refractivity contribution in [2.75, 3.05) is 83.3 Å². The van der Waals surface area contributed by atoms with Crippen molar-refractivity contribution < 1.29 is 42.9 Å². The molecule has 0 bridgehead atoms. The van der Waals surface area contributed by atoms with Crippen molar-refractivity contribution in [1.82, 2.24) is 45.4 Å².